The fourth-order valence-corrected chi connectivity index (χ4v) is 4.10. The summed E-state index contributed by atoms with van der Waals surface area (Å²) >= 11 is 5.75. The van der Waals surface area contributed by atoms with Gasteiger partial charge in [-0.2, -0.15) is 0 Å². The van der Waals surface area contributed by atoms with Crippen LogP contribution in [0.5, 0.6) is 0 Å². The van der Waals surface area contributed by atoms with Crippen LogP contribution in [-0.4, -0.2) is 53.4 Å². The van der Waals surface area contributed by atoms with Crippen LogP contribution >= 0.6 is 11.6 Å². The molecule has 0 aliphatic carbocycles. The zero-order chi connectivity index (χ0) is 21.7. The van der Waals surface area contributed by atoms with Crippen LogP contribution in [-0.2, 0) is 26.1 Å². The number of morpholine rings is 1. The molecule has 0 atom stereocenters. The number of ether oxygens (including phenoxy) is 1. The van der Waals surface area contributed by atoms with Gasteiger partial charge >= 0.3 is 0 Å². The summed E-state index contributed by atoms with van der Waals surface area (Å²) in [4.78, 5) is 14.6. The summed E-state index contributed by atoms with van der Waals surface area (Å²) < 4.78 is 43.9. The highest BCUT2D eigenvalue weighted by Gasteiger charge is 2.21. The first-order valence-electron chi connectivity index (χ1n) is 9.35. The largest absolute Gasteiger partial charge is 0.378 e. The van der Waals surface area contributed by atoms with Gasteiger partial charge in [-0.3, -0.25) is 9.10 Å². The fraction of sp³-hybridized carbons (Fsp3) is 0.350. The number of rotatable bonds is 7. The van der Waals surface area contributed by atoms with Crippen molar-refractivity contribution in [1.82, 2.24) is 5.32 Å². The summed E-state index contributed by atoms with van der Waals surface area (Å²) in [6.07, 6.45) is 0.974. The van der Waals surface area contributed by atoms with Gasteiger partial charge in [-0.15, -0.1) is 0 Å². The molecule has 162 valence electrons. The molecule has 0 bridgehead atoms. The fourth-order valence-electron chi connectivity index (χ4n) is 3.07. The number of hydrogen-bond acceptors (Lipinski definition) is 5. The van der Waals surface area contributed by atoms with Gasteiger partial charge < -0.3 is 15.0 Å². The molecule has 1 aliphatic heterocycles. The lowest BCUT2D eigenvalue weighted by Gasteiger charge is -2.29. The van der Waals surface area contributed by atoms with Crippen LogP contribution in [0.1, 0.15) is 5.56 Å². The standard InChI is InChI=1S/C20H23ClFN3O4S/c1-30(27,28)25(17-6-7-19(22)18(21)12-17)14-20(26)23-13-15-2-4-16(5-3-15)24-8-10-29-11-9-24/h2-7,12H,8-11,13-14H2,1H3,(H,23,26). The molecule has 0 aromatic heterocycles. The van der Waals surface area contributed by atoms with E-state index in [-0.39, 0.29) is 17.3 Å². The van der Waals surface area contributed by atoms with Gasteiger partial charge in [0.05, 0.1) is 30.2 Å². The Morgan fingerprint density at radius 3 is 2.47 bits per heavy atom. The van der Waals surface area contributed by atoms with E-state index in [4.69, 9.17) is 16.3 Å². The molecule has 10 heteroatoms. The van der Waals surface area contributed by atoms with Crippen molar-refractivity contribution in [1.29, 1.82) is 0 Å². The van der Waals surface area contributed by atoms with Crippen LogP contribution in [0.25, 0.3) is 0 Å². The molecule has 1 aliphatic rings. The normalized spacial score (nSPS) is 14.4. The van der Waals surface area contributed by atoms with Crippen LogP contribution < -0.4 is 14.5 Å². The maximum atomic E-state index is 13.4. The third kappa shape index (κ3) is 5.84. The quantitative estimate of drug-likeness (QED) is 0.693. The molecule has 2 aromatic rings. The van der Waals surface area contributed by atoms with Gasteiger partial charge in [-0.25, -0.2) is 12.8 Å². The van der Waals surface area contributed by atoms with Crippen LogP contribution in [0, 0.1) is 5.82 Å². The predicted octanol–water partition coefficient (Wildman–Crippen LogP) is 2.40. The second-order valence-electron chi connectivity index (χ2n) is 6.91. The molecular weight excluding hydrogens is 433 g/mol. The topological polar surface area (TPSA) is 79.0 Å². The van der Waals surface area contributed by atoms with E-state index in [1.807, 2.05) is 24.3 Å². The molecular formula is C20H23ClFN3O4S. The number of nitrogens with one attached hydrogen (secondary N) is 1. The minimum absolute atomic E-state index is 0.119. The lowest BCUT2D eigenvalue weighted by atomic mass is 10.2. The van der Waals surface area contributed by atoms with Crippen LogP contribution in [0.4, 0.5) is 15.8 Å². The maximum Gasteiger partial charge on any atom is 0.241 e. The molecule has 0 saturated carbocycles. The number of halogens is 2. The number of carbonyl (C=O) groups excluding carboxylic acids is 1. The predicted molar refractivity (Wildman–Crippen MR) is 115 cm³/mol. The van der Waals surface area contributed by atoms with E-state index >= 15 is 0 Å². The Hall–Kier alpha value is -2.36. The second kappa shape index (κ2) is 9.63. The summed E-state index contributed by atoms with van der Waals surface area (Å²) in [6, 6.07) is 11.3. The number of benzene rings is 2. The van der Waals surface area contributed by atoms with Gasteiger partial charge in [-0.1, -0.05) is 23.7 Å². The van der Waals surface area contributed by atoms with Crippen molar-refractivity contribution in [2.24, 2.45) is 0 Å². The van der Waals surface area contributed by atoms with Crippen molar-refractivity contribution in [3.63, 3.8) is 0 Å². The van der Waals surface area contributed by atoms with Gasteiger partial charge in [-0.05, 0) is 35.9 Å². The van der Waals surface area contributed by atoms with Crippen LogP contribution in [0.2, 0.25) is 5.02 Å². The van der Waals surface area contributed by atoms with E-state index in [1.165, 1.54) is 12.1 Å². The first kappa shape index (κ1) is 22.3. The number of amides is 1. The molecule has 0 unspecified atom stereocenters. The van der Waals surface area contributed by atoms with E-state index in [0.717, 1.165) is 41.0 Å². The third-order valence-electron chi connectivity index (χ3n) is 4.68. The Labute approximate surface area is 180 Å². The number of anilines is 2. The molecule has 1 heterocycles. The Balaban J connectivity index is 1.61. The first-order valence-corrected chi connectivity index (χ1v) is 11.6. The SMILES string of the molecule is CS(=O)(=O)N(CC(=O)NCc1ccc(N2CCOCC2)cc1)c1ccc(F)c(Cl)c1. The minimum Gasteiger partial charge on any atom is -0.378 e. The van der Waals surface area contributed by atoms with E-state index in [2.05, 4.69) is 10.2 Å². The van der Waals surface area contributed by atoms with Gasteiger partial charge in [0, 0.05) is 25.3 Å². The van der Waals surface area contributed by atoms with Crippen molar-refractivity contribution in [3.05, 3.63) is 58.9 Å². The highest BCUT2D eigenvalue weighted by molar-refractivity contribution is 7.92. The first-order chi connectivity index (χ1) is 14.2. The van der Waals surface area contributed by atoms with Gasteiger partial charge in [0.15, 0.2) is 0 Å². The number of hydrogen-bond donors (Lipinski definition) is 1. The number of carbonyl (C=O) groups is 1. The average Bonchev–Trinajstić information content (AvgIpc) is 2.73. The number of sulfonamides is 1. The lowest BCUT2D eigenvalue weighted by Crippen LogP contribution is -2.40. The summed E-state index contributed by atoms with van der Waals surface area (Å²) in [5.41, 5.74) is 2.09. The van der Waals surface area contributed by atoms with E-state index < -0.39 is 28.3 Å². The minimum atomic E-state index is -3.77. The van der Waals surface area contributed by atoms with E-state index in [1.54, 1.807) is 0 Å². The smallest absolute Gasteiger partial charge is 0.241 e. The van der Waals surface area contributed by atoms with Gasteiger partial charge in [0.1, 0.15) is 12.4 Å². The van der Waals surface area contributed by atoms with Crippen molar-refractivity contribution >= 4 is 38.9 Å². The third-order valence-corrected chi connectivity index (χ3v) is 6.11. The lowest BCUT2D eigenvalue weighted by molar-refractivity contribution is -0.119. The Morgan fingerprint density at radius 1 is 1.20 bits per heavy atom. The molecule has 7 nitrogen and oxygen atoms in total. The summed E-state index contributed by atoms with van der Waals surface area (Å²) in [6.45, 7) is 2.90. The second-order valence-corrected chi connectivity index (χ2v) is 9.22. The molecule has 1 saturated heterocycles. The van der Waals surface area contributed by atoms with E-state index in [0.29, 0.717) is 13.2 Å². The Bertz CT molecular complexity index is 996. The highest BCUT2D eigenvalue weighted by Crippen LogP contribution is 2.24. The molecule has 0 spiro atoms. The van der Waals surface area contributed by atoms with Crippen molar-refractivity contribution in [3.8, 4) is 0 Å². The van der Waals surface area contributed by atoms with Crippen LogP contribution in [0.15, 0.2) is 42.5 Å². The van der Waals surface area contributed by atoms with Crippen molar-refractivity contribution in [2.45, 2.75) is 6.54 Å². The van der Waals surface area contributed by atoms with E-state index in [9.17, 15) is 17.6 Å². The van der Waals surface area contributed by atoms with Crippen LogP contribution in [0.3, 0.4) is 0 Å². The average molecular weight is 456 g/mol. The van der Waals surface area contributed by atoms with Gasteiger partial charge in [0.2, 0.25) is 15.9 Å². The zero-order valence-corrected chi connectivity index (χ0v) is 18.0. The molecule has 1 amide bonds. The highest BCUT2D eigenvalue weighted by atomic mass is 35.5. The molecule has 30 heavy (non-hydrogen) atoms. The molecule has 1 fully saturated rings. The summed E-state index contributed by atoms with van der Waals surface area (Å²) in [7, 11) is -3.77. The molecule has 1 N–H and O–H groups in total. The summed E-state index contributed by atoms with van der Waals surface area (Å²) in [5, 5.41) is 2.49. The summed E-state index contributed by atoms with van der Waals surface area (Å²) in [5.74, 6) is -1.16. The Kier molecular flexibility index (Phi) is 7.17. The van der Waals surface area contributed by atoms with Gasteiger partial charge in [0.25, 0.3) is 0 Å². The molecule has 0 radical (unpaired) electrons. The maximum absolute atomic E-state index is 13.4. The number of nitrogens with zero attached hydrogens (tertiary/aromatic N) is 2. The van der Waals surface area contributed by atoms with Crippen molar-refractivity contribution in [2.75, 3.05) is 48.3 Å². The molecule has 3 rings (SSSR count). The monoisotopic (exact) mass is 455 g/mol. The van der Waals surface area contributed by atoms with Crippen molar-refractivity contribution < 1.29 is 22.3 Å². The zero-order valence-electron chi connectivity index (χ0n) is 16.5. The Morgan fingerprint density at radius 2 is 1.87 bits per heavy atom. The molecule has 2 aromatic carbocycles.